The van der Waals surface area contributed by atoms with Crippen molar-refractivity contribution in [2.75, 3.05) is 47.1 Å². The maximum absolute atomic E-state index is 13.7. The number of rotatable bonds is 7. The Hall–Kier alpha value is -3.18. The lowest BCUT2D eigenvalue weighted by atomic mass is 9.66. The first-order valence-corrected chi connectivity index (χ1v) is 15.4. The first-order chi connectivity index (χ1) is 18.5. The minimum absolute atomic E-state index is 0.168. The number of urea groups is 1. The Morgan fingerprint density at radius 1 is 1.15 bits per heavy atom. The van der Waals surface area contributed by atoms with Crippen LogP contribution in [0.2, 0.25) is 0 Å². The number of nitrogens with zero attached hydrogens (tertiary/aromatic N) is 4. The van der Waals surface area contributed by atoms with E-state index in [-0.39, 0.29) is 17.9 Å². The fourth-order valence-corrected chi connectivity index (χ4v) is 7.25. The molecular weight excluding hydrogens is 518 g/mol. The van der Waals surface area contributed by atoms with E-state index in [1.54, 1.807) is 37.1 Å². The number of carbonyl (C=O) groups is 2. The van der Waals surface area contributed by atoms with E-state index in [0.717, 1.165) is 62.4 Å². The Labute approximate surface area is 229 Å². The van der Waals surface area contributed by atoms with Crippen LogP contribution in [0.15, 0.2) is 36.5 Å². The summed E-state index contributed by atoms with van der Waals surface area (Å²) in [6.45, 7) is 6.43. The summed E-state index contributed by atoms with van der Waals surface area (Å²) in [6.07, 6.45) is 6.86. The number of pyridine rings is 1. The van der Waals surface area contributed by atoms with Gasteiger partial charge in [0.2, 0.25) is 10.0 Å². The average Bonchev–Trinajstić information content (AvgIpc) is 3.55. The zero-order valence-electron chi connectivity index (χ0n) is 22.6. The van der Waals surface area contributed by atoms with Crippen LogP contribution in [0.3, 0.4) is 0 Å². The maximum atomic E-state index is 13.7. The van der Waals surface area contributed by atoms with Crippen LogP contribution in [-0.4, -0.2) is 68.3 Å². The van der Waals surface area contributed by atoms with E-state index in [1.807, 2.05) is 18.2 Å². The van der Waals surface area contributed by atoms with Crippen LogP contribution in [0.1, 0.15) is 50.7 Å². The number of benzene rings is 1. The van der Waals surface area contributed by atoms with Crippen molar-refractivity contribution in [1.29, 1.82) is 0 Å². The molecule has 1 unspecified atom stereocenters. The maximum Gasteiger partial charge on any atom is 0.332 e. The van der Waals surface area contributed by atoms with Gasteiger partial charge in [-0.3, -0.25) is 9.10 Å². The standard InChI is InChI=1S/C28H35N5O5S/c1-27(2)25(34)33(21-5-6-22-23(14-21)32(39(3,36)37)18-28(22)9-4-10-28)26(35)31(27)16-19-7-11-29-24(13-19)30-15-20-8-12-38-17-20/h5-7,11,13-14,20H,4,8-10,12,15-18H2,1-3H3,(H,29,30). The summed E-state index contributed by atoms with van der Waals surface area (Å²) in [4.78, 5) is 34.5. The fourth-order valence-electron chi connectivity index (χ4n) is 6.26. The lowest BCUT2D eigenvalue weighted by molar-refractivity contribution is -0.123. The Balaban J connectivity index is 1.26. The van der Waals surface area contributed by atoms with Crippen molar-refractivity contribution in [3.63, 3.8) is 0 Å². The van der Waals surface area contributed by atoms with Gasteiger partial charge in [0, 0.05) is 43.8 Å². The molecule has 4 heterocycles. The third kappa shape index (κ3) is 4.35. The van der Waals surface area contributed by atoms with Crippen LogP contribution in [0.25, 0.3) is 0 Å². The molecule has 3 amide bonds. The molecule has 1 N–H and O–H groups in total. The second-order valence-electron chi connectivity index (χ2n) is 11.8. The van der Waals surface area contributed by atoms with Crippen LogP contribution in [0.4, 0.5) is 22.0 Å². The molecule has 39 heavy (non-hydrogen) atoms. The van der Waals surface area contributed by atoms with E-state index in [1.165, 1.54) is 15.5 Å². The average molecular weight is 554 g/mol. The molecule has 11 heteroatoms. The molecule has 1 aliphatic carbocycles. The highest BCUT2D eigenvalue weighted by Gasteiger charge is 2.53. The predicted molar refractivity (Wildman–Crippen MR) is 148 cm³/mol. The van der Waals surface area contributed by atoms with Crippen molar-refractivity contribution in [2.45, 2.75) is 57.0 Å². The molecule has 208 valence electrons. The quantitative estimate of drug-likeness (QED) is 0.523. The van der Waals surface area contributed by atoms with Crippen LogP contribution in [-0.2, 0) is 31.5 Å². The van der Waals surface area contributed by atoms with Gasteiger partial charge in [-0.2, -0.15) is 0 Å². The lowest BCUT2D eigenvalue weighted by Gasteiger charge is -2.38. The minimum Gasteiger partial charge on any atom is -0.381 e. The van der Waals surface area contributed by atoms with Crippen molar-refractivity contribution in [2.24, 2.45) is 5.92 Å². The second kappa shape index (κ2) is 9.19. The van der Waals surface area contributed by atoms with E-state index in [9.17, 15) is 18.0 Å². The number of fused-ring (bicyclic) bond motifs is 2. The highest BCUT2D eigenvalue weighted by Crippen LogP contribution is 2.54. The van der Waals surface area contributed by atoms with Crippen molar-refractivity contribution in [3.8, 4) is 0 Å². The van der Waals surface area contributed by atoms with E-state index in [2.05, 4.69) is 10.3 Å². The summed E-state index contributed by atoms with van der Waals surface area (Å²) >= 11 is 0. The second-order valence-corrected chi connectivity index (χ2v) is 13.7. The molecular formula is C28H35N5O5S. The van der Waals surface area contributed by atoms with Crippen LogP contribution < -0.4 is 14.5 Å². The fraction of sp³-hybridized carbons (Fsp3) is 0.536. The van der Waals surface area contributed by atoms with Gasteiger partial charge in [-0.1, -0.05) is 12.5 Å². The molecule has 3 aliphatic heterocycles. The summed E-state index contributed by atoms with van der Waals surface area (Å²) in [7, 11) is -3.50. The Bertz CT molecular complexity index is 1430. The van der Waals surface area contributed by atoms with Gasteiger partial charge in [0.25, 0.3) is 5.91 Å². The number of imide groups is 1. The highest BCUT2D eigenvalue weighted by atomic mass is 32.2. The van der Waals surface area contributed by atoms with Gasteiger partial charge in [0.05, 0.1) is 24.2 Å². The number of amides is 3. The molecule has 1 atom stereocenters. The molecule has 2 aromatic rings. The van der Waals surface area contributed by atoms with Crippen molar-refractivity contribution < 1.29 is 22.7 Å². The lowest BCUT2D eigenvalue weighted by Crippen LogP contribution is -2.43. The van der Waals surface area contributed by atoms with Gasteiger partial charge >= 0.3 is 6.03 Å². The zero-order chi connectivity index (χ0) is 27.6. The first kappa shape index (κ1) is 26.1. The van der Waals surface area contributed by atoms with Crippen LogP contribution >= 0.6 is 0 Å². The molecule has 0 radical (unpaired) electrons. The summed E-state index contributed by atoms with van der Waals surface area (Å²) in [5, 5.41) is 3.36. The van der Waals surface area contributed by atoms with E-state index in [0.29, 0.717) is 23.8 Å². The van der Waals surface area contributed by atoms with Gasteiger partial charge in [-0.25, -0.2) is 23.1 Å². The van der Waals surface area contributed by atoms with Gasteiger partial charge in [0.1, 0.15) is 11.4 Å². The van der Waals surface area contributed by atoms with Gasteiger partial charge in [0.15, 0.2) is 0 Å². The molecule has 1 aromatic carbocycles. The predicted octanol–water partition coefficient (Wildman–Crippen LogP) is 3.48. The molecule has 6 rings (SSSR count). The first-order valence-electron chi connectivity index (χ1n) is 13.5. The monoisotopic (exact) mass is 553 g/mol. The molecule has 1 aromatic heterocycles. The number of ether oxygens (including phenoxy) is 1. The van der Waals surface area contributed by atoms with Crippen molar-refractivity contribution in [1.82, 2.24) is 9.88 Å². The normalized spacial score (nSPS) is 23.5. The number of sulfonamides is 1. The topological polar surface area (TPSA) is 112 Å². The summed E-state index contributed by atoms with van der Waals surface area (Å²) in [5.74, 6) is 0.825. The third-order valence-corrected chi connectivity index (χ3v) is 9.95. The highest BCUT2D eigenvalue weighted by molar-refractivity contribution is 7.92. The van der Waals surface area contributed by atoms with Gasteiger partial charge in [-0.05, 0) is 68.5 Å². The van der Waals surface area contributed by atoms with E-state index in [4.69, 9.17) is 4.74 Å². The Morgan fingerprint density at radius 2 is 1.95 bits per heavy atom. The third-order valence-electron chi connectivity index (χ3n) is 8.82. The van der Waals surface area contributed by atoms with Crippen molar-refractivity contribution in [3.05, 3.63) is 47.7 Å². The largest absolute Gasteiger partial charge is 0.381 e. The number of hydrogen-bond donors (Lipinski definition) is 1. The molecule has 1 saturated carbocycles. The number of anilines is 3. The van der Waals surface area contributed by atoms with E-state index < -0.39 is 21.6 Å². The molecule has 4 aliphatic rings. The minimum atomic E-state index is -3.50. The van der Waals surface area contributed by atoms with Crippen LogP contribution in [0, 0.1) is 5.92 Å². The van der Waals surface area contributed by atoms with E-state index >= 15 is 0 Å². The summed E-state index contributed by atoms with van der Waals surface area (Å²) in [6, 6.07) is 8.70. The summed E-state index contributed by atoms with van der Waals surface area (Å²) in [5.41, 5.74) is 1.55. The number of carbonyl (C=O) groups excluding carboxylic acids is 2. The van der Waals surface area contributed by atoms with Gasteiger partial charge < -0.3 is 15.0 Å². The molecule has 3 fully saturated rings. The Morgan fingerprint density at radius 3 is 2.62 bits per heavy atom. The van der Waals surface area contributed by atoms with Crippen molar-refractivity contribution >= 4 is 39.2 Å². The SMILES string of the molecule is CC1(C)C(=O)N(c2ccc3c(c2)N(S(C)(=O)=O)CC32CCC2)C(=O)N1Cc1ccnc(NCC2CCOC2)c1. The number of hydrogen-bond acceptors (Lipinski definition) is 7. The number of nitrogens with one attached hydrogen (secondary N) is 1. The Kier molecular flexibility index (Phi) is 6.14. The number of aromatic nitrogens is 1. The molecule has 1 spiro atoms. The summed E-state index contributed by atoms with van der Waals surface area (Å²) < 4.78 is 32.2. The van der Waals surface area contributed by atoms with Crippen LogP contribution in [0.5, 0.6) is 0 Å². The molecule has 2 saturated heterocycles. The smallest absolute Gasteiger partial charge is 0.332 e. The van der Waals surface area contributed by atoms with Gasteiger partial charge in [-0.15, -0.1) is 0 Å². The molecule has 0 bridgehead atoms. The molecule has 10 nitrogen and oxygen atoms in total. The zero-order valence-corrected chi connectivity index (χ0v) is 23.5.